The molecule has 148 valence electrons. The van der Waals surface area contributed by atoms with E-state index in [1.165, 1.54) is 6.07 Å². The Hall–Kier alpha value is -2.52. The Balaban J connectivity index is 2.01. The first-order chi connectivity index (χ1) is 13.5. The van der Waals surface area contributed by atoms with Gasteiger partial charge in [-0.3, -0.25) is 4.98 Å². The predicted octanol–water partition coefficient (Wildman–Crippen LogP) is 3.66. The normalized spacial score (nSPS) is 17.2. The number of benzene rings is 1. The summed E-state index contributed by atoms with van der Waals surface area (Å²) in [6.07, 6.45) is 2.13. The van der Waals surface area contributed by atoms with Crippen LogP contribution in [-0.2, 0) is 4.74 Å². The maximum Gasteiger partial charge on any atom is 0.352 e. The van der Waals surface area contributed by atoms with Crippen molar-refractivity contribution in [2.24, 2.45) is 0 Å². The zero-order valence-electron chi connectivity index (χ0n) is 15.0. The molecule has 0 saturated carbocycles. The van der Waals surface area contributed by atoms with E-state index >= 15 is 0 Å². The van der Waals surface area contributed by atoms with Crippen LogP contribution in [0.1, 0.15) is 38.0 Å². The molecule has 0 radical (unpaired) electrons. The first-order valence-corrected chi connectivity index (χ1v) is 9.29. The van der Waals surface area contributed by atoms with Crippen LogP contribution in [0.2, 0.25) is 5.02 Å². The first-order valence-electron chi connectivity index (χ1n) is 8.92. The molecule has 1 aromatic carbocycles. The average Bonchev–Trinajstić information content (AvgIpc) is 3.07. The van der Waals surface area contributed by atoms with Crippen molar-refractivity contribution in [1.29, 1.82) is 0 Å². The molecule has 0 bridgehead atoms. The zero-order valence-corrected chi connectivity index (χ0v) is 15.7. The summed E-state index contributed by atoms with van der Waals surface area (Å²) in [6.45, 7) is 2.58. The molecular formula is C18H17ClF2N4O3. The number of aromatic amines is 1. The fourth-order valence-corrected chi connectivity index (χ4v) is 3.51. The number of rotatable bonds is 4. The van der Waals surface area contributed by atoms with E-state index in [0.29, 0.717) is 24.3 Å². The van der Waals surface area contributed by atoms with E-state index in [-0.39, 0.29) is 28.9 Å². The van der Waals surface area contributed by atoms with Crippen molar-refractivity contribution >= 4 is 17.2 Å². The van der Waals surface area contributed by atoms with Crippen LogP contribution in [0.5, 0.6) is 6.01 Å². The Morgan fingerprint density at radius 1 is 1.39 bits per heavy atom. The van der Waals surface area contributed by atoms with Gasteiger partial charge in [-0.1, -0.05) is 11.6 Å². The molecule has 1 saturated heterocycles. The highest BCUT2D eigenvalue weighted by atomic mass is 35.5. The predicted molar refractivity (Wildman–Crippen MR) is 97.7 cm³/mol. The lowest BCUT2D eigenvalue weighted by Crippen LogP contribution is -2.20. The van der Waals surface area contributed by atoms with Crippen LogP contribution < -0.4 is 10.4 Å². The summed E-state index contributed by atoms with van der Waals surface area (Å²) in [5.74, 6) is -2.24. The molecule has 1 atom stereocenters. The number of hydrogen-bond donors (Lipinski definition) is 1. The Morgan fingerprint density at radius 3 is 2.89 bits per heavy atom. The van der Waals surface area contributed by atoms with Crippen LogP contribution in [0.25, 0.3) is 16.8 Å². The third-order valence-corrected chi connectivity index (χ3v) is 4.82. The molecule has 1 aliphatic rings. The zero-order chi connectivity index (χ0) is 19.8. The minimum absolute atomic E-state index is 0.00550. The number of hydrogen-bond acceptors (Lipinski definition) is 5. The fraction of sp³-hybridized carbons (Fsp3) is 0.389. The van der Waals surface area contributed by atoms with Gasteiger partial charge in [0.15, 0.2) is 17.3 Å². The second-order valence-electron chi connectivity index (χ2n) is 6.38. The lowest BCUT2D eigenvalue weighted by Gasteiger charge is -2.21. The highest BCUT2D eigenvalue weighted by Crippen LogP contribution is 2.38. The highest BCUT2D eigenvalue weighted by molar-refractivity contribution is 6.31. The number of nitrogens with zero attached hydrogens (tertiary/aromatic N) is 3. The van der Waals surface area contributed by atoms with Gasteiger partial charge in [-0.15, -0.1) is 0 Å². The van der Waals surface area contributed by atoms with Crippen LogP contribution in [0.3, 0.4) is 0 Å². The van der Waals surface area contributed by atoms with Gasteiger partial charge in [-0.2, -0.15) is 14.6 Å². The van der Waals surface area contributed by atoms with Gasteiger partial charge < -0.3 is 9.47 Å². The number of halogens is 3. The van der Waals surface area contributed by atoms with Crippen LogP contribution in [0, 0.1) is 11.6 Å². The summed E-state index contributed by atoms with van der Waals surface area (Å²) >= 11 is 5.85. The Bertz CT molecular complexity index is 1070. The SMILES string of the molecule is CCOc1nc2c(-c3cc(F)c(F)c(Cl)c3)c(C3CCCCO3)nn2c(=O)[nH]1. The number of aromatic nitrogens is 4. The second-order valence-corrected chi connectivity index (χ2v) is 6.79. The number of nitrogens with one attached hydrogen (secondary N) is 1. The quantitative estimate of drug-likeness (QED) is 0.664. The molecule has 0 amide bonds. The molecule has 1 N–H and O–H groups in total. The molecule has 1 aliphatic heterocycles. The van der Waals surface area contributed by atoms with Crippen LogP contribution in [-0.4, -0.2) is 32.8 Å². The summed E-state index contributed by atoms with van der Waals surface area (Å²) in [6, 6.07) is 2.30. The second kappa shape index (κ2) is 7.48. The molecule has 2 aromatic heterocycles. The van der Waals surface area contributed by atoms with Gasteiger partial charge >= 0.3 is 5.69 Å². The van der Waals surface area contributed by atoms with Gasteiger partial charge in [-0.25, -0.2) is 13.6 Å². The third kappa shape index (κ3) is 3.24. The van der Waals surface area contributed by atoms with Gasteiger partial charge in [0, 0.05) is 6.61 Å². The molecule has 0 aliphatic carbocycles. The van der Waals surface area contributed by atoms with Crippen molar-refractivity contribution in [3.63, 3.8) is 0 Å². The van der Waals surface area contributed by atoms with E-state index < -0.39 is 23.4 Å². The number of ether oxygens (including phenoxy) is 2. The molecule has 1 unspecified atom stereocenters. The molecule has 10 heteroatoms. The molecule has 7 nitrogen and oxygen atoms in total. The van der Waals surface area contributed by atoms with Crippen molar-refractivity contribution in [3.05, 3.63) is 45.0 Å². The summed E-state index contributed by atoms with van der Waals surface area (Å²) in [7, 11) is 0. The molecule has 28 heavy (non-hydrogen) atoms. The highest BCUT2D eigenvalue weighted by Gasteiger charge is 2.28. The molecule has 0 spiro atoms. The van der Waals surface area contributed by atoms with Crippen molar-refractivity contribution < 1.29 is 18.3 Å². The summed E-state index contributed by atoms with van der Waals surface area (Å²) in [4.78, 5) is 19.3. The van der Waals surface area contributed by atoms with Gasteiger partial charge in [0.1, 0.15) is 11.8 Å². The minimum Gasteiger partial charge on any atom is -0.465 e. The average molecular weight is 411 g/mol. The maximum absolute atomic E-state index is 14.1. The van der Waals surface area contributed by atoms with Crippen molar-refractivity contribution in [2.45, 2.75) is 32.3 Å². The van der Waals surface area contributed by atoms with Gasteiger partial charge in [0.05, 0.1) is 17.2 Å². The molecular weight excluding hydrogens is 394 g/mol. The van der Waals surface area contributed by atoms with Crippen LogP contribution >= 0.6 is 11.6 Å². The Morgan fingerprint density at radius 2 is 2.21 bits per heavy atom. The summed E-state index contributed by atoms with van der Waals surface area (Å²) < 4.78 is 39.9. The van der Waals surface area contributed by atoms with E-state index in [1.54, 1.807) is 6.92 Å². The maximum atomic E-state index is 14.1. The fourth-order valence-electron chi connectivity index (χ4n) is 3.30. The summed E-state index contributed by atoms with van der Waals surface area (Å²) in [5.41, 5.74) is 0.626. The largest absolute Gasteiger partial charge is 0.465 e. The molecule has 3 heterocycles. The molecule has 1 fully saturated rings. The number of H-pyrrole nitrogens is 1. The minimum atomic E-state index is -1.14. The van der Waals surface area contributed by atoms with E-state index in [9.17, 15) is 13.6 Å². The lowest BCUT2D eigenvalue weighted by atomic mass is 9.98. The van der Waals surface area contributed by atoms with E-state index in [2.05, 4.69) is 15.1 Å². The summed E-state index contributed by atoms with van der Waals surface area (Å²) in [5, 5.41) is 3.99. The third-order valence-electron chi connectivity index (χ3n) is 4.54. The van der Waals surface area contributed by atoms with Crippen molar-refractivity contribution in [1.82, 2.24) is 19.6 Å². The molecule has 4 rings (SSSR count). The van der Waals surface area contributed by atoms with E-state index in [1.807, 2.05) is 0 Å². The van der Waals surface area contributed by atoms with Crippen molar-refractivity contribution in [3.8, 4) is 17.1 Å². The Labute approximate surface area is 163 Å². The van der Waals surface area contributed by atoms with Crippen molar-refractivity contribution in [2.75, 3.05) is 13.2 Å². The number of fused-ring (bicyclic) bond motifs is 1. The van der Waals surface area contributed by atoms with Crippen LogP contribution in [0.4, 0.5) is 8.78 Å². The van der Waals surface area contributed by atoms with E-state index in [4.69, 9.17) is 21.1 Å². The smallest absolute Gasteiger partial charge is 0.352 e. The van der Waals surface area contributed by atoms with Gasteiger partial charge in [0.2, 0.25) is 0 Å². The molecule has 3 aromatic rings. The monoisotopic (exact) mass is 410 g/mol. The lowest BCUT2D eigenvalue weighted by molar-refractivity contribution is 0.0125. The standard InChI is InChI=1S/C18H17ClF2N4O3/c1-2-27-17-22-16-13(9-7-10(19)14(21)11(20)8-9)15(12-5-3-4-6-28-12)24-25(16)18(26)23-17/h7-8,12H,2-6H2,1H3,(H,22,23,26). The van der Waals surface area contributed by atoms with Gasteiger partial charge in [-0.05, 0) is 43.9 Å². The van der Waals surface area contributed by atoms with E-state index in [0.717, 1.165) is 23.4 Å². The van der Waals surface area contributed by atoms with Gasteiger partial charge in [0.25, 0.3) is 6.01 Å². The van der Waals surface area contributed by atoms with Crippen LogP contribution in [0.15, 0.2) is 16.9 Å². The Kier molecular flexibility index (Phi) is 5.03. The first kappa shape index (κ1) is 18.8. The topological polar surface area (TPSA) is 81.5 Å².